The molecule has 3 nitrogen and oxygen atoms in total. The molecule has 0 aliphatic heterocycles. The Morgan fingerprint density at radius 1 is 1.39 bits per heavy atom. The lowest BCUT2D eigenvalue weighted by atomic mass is 9.94. The lowest BCUT2D eigenvalue weighted by Crippen LogP contribution is -2.36. The third-order valence-corrected chi connectivity index (χ3v) is 3.05. The van der Waals surface area contributed by atoms with Crippen LogP contribution in [-0.2, 0) is 4.79 Å². The van der Waals surface area contributed by atoms with Crippen LogP contribution in [0.3, 0.4) is 0 Å². The van der Waals surface area contributed by atoms with Crippen molar-refractivity contribution in [3.8, 4) is 0 Å². The molecule has 0 saturated heterocycles. The first-order valence-electron chi connectivity index (χ1n) is 6.34. The fourth-order valence-corrected chi connectivity index (χ4v) is 1.76. The number of hydrogen-bond donors (Lipinski definition) is 2. The van der Waals surface area contributed by atoms with Crippen LogP contribution in [0.15, 0.2) is 24.3 Å². The quantitative estimate of drug-likeness (QED) is 0.815. The Bertz CT molecular complexity index is 378. The second-order valence-electron chi connectivity index (χ2n) is 4.50. The number of rotatable bonds is 6. The van der Waals surface area contributed by atoms with Crippen LogP contribution in [0.4, 0.5) is 4.39 Å². The van der Waals surface area contributed by atoms with E-state index in [2.05, 4.69) is 5.32 Å². The maximum Gasteiger partial charge on any atom is 0.227 e. The van der Waals surface area contributed by atoms with Crippen LogP contribution in [0.1, 0.15) is 38.2 Å². The second-order valence-corrected chi connectivity index (χ2v) is 4.50. The molecule has 0 aromatic heterocycles. The highest BCUT2D eigenvalue weighted by Gasteiger charge is 2.20. The monoisotopic (exact) mass is 252 g/mol. The smallest absolute Gasteiger partial charge is 0.227 e. The Kier molecular flexibility index (Phi) is 5.78. The third kappa shape index (κ3) is 4.11. The van der Waals surface area contributed by atoms with Crippen molar-refractivity contribution in [3.05, 3.63) is 35.6 Å². The molecule has 0 radical (unpaired) electrons. The van der Waals surface area contributed by atoms with Crippen molar-refractivity contribution in [2.45, 2.75) is 38.6 Å². The summed E-state index contributed by atoms with van der Waals surface area (Å²) in [5, 5.41) is 2.94. The first-order chi connectivity index (χ1) is 8.58. The number of halogens is 1. The van der Waals surface area contributed by atoms with Crippen molar-refractivity contribution >= 4 is 5.91 Å². The molecule has 0 aliphatic carbocycles. The number of carbonyl (C=O) groups excluding carboxylic acids is 1. The van der Waals surface area contributed by atoms with Crippen LogP contribution in [0.5, 0.6) is 0 Å². The van der Waals surface area contributed by atoms with E-state index in [1.165, 1.54) is 12.1 Å². The molecule has 0 heterocycles. The van der Waals surface area contributed by atoms with E-state index >= 15 is 0 Å². The number of hydrogen-bond acceptors (Lipinski definition) is 2. The van der Waals surface area contributed by atoms with Gasteiger partial charge in [-0.3, -0.25) is 4.79 Å². The molecular weight excluding hydrogens is 231 g/mol. The van der Waals surface area contributed by atoms with Gasteiger partial charge in [0, 0.05) is 6.04 Å². The van der Waals surface area contributed by atoms with Crippen molar-refractivity contribution in [3.63, 3.8) is 0 Å². The maximum absolute atomic E-state index is 12.9. The summed E-state index contributed by atoms with van der Waals surface area (Å²) in [5.74, 6) is -0.640. The lowest BCUT2D eigenvalue weighted by Gasteiger charge is -2.19. The topological polar surface area (TPSA) is 55.1 Å². The van der Waals surface area contributed by atoms with E-state index in [4.69, 9.17) is 5.73 Å². The van der Waals surface area contributed by atoms with Gasteiger partial charge in [0.25, 0.3) is 0 Å². The summed E-state index contributed by atoms with van der Waals surface area (Å²) in [6.07, 6.45) is 1.44. The Morgan fingerprint density at radius 3 is 2.50 bits per heavy atom. The molecule has 0 fully saturated rings. The Hall–Kier alpha value is -1.42. The average molecular weight is 252 g/mol. The fourth-order valence-electron chi connectivity index (χ4n) is 1.76. The van der Waals surface area contributed by atoms with Gasteiger partial charge in [0.2, 0.25) is 5.91 Å². The highest BCUT2D eigenvalue weighted by molar-refractivity contribution is 5.83. The fraction of sp³-hybridized carbons (Fsp3) is 0.500. The van der Waals surface area contributed by atoms with E-state index < -0.39 is 0 Å². The summed E-state index contributed by atoms with van der Waals surface area (Å²) in [6.45, 7) is 4.40. The first kappa shape index (κ1) is 14.6. The zero-order valence-corrected chi connectivity index (χ0v) is 10.9. The number of benzene rings is 1. The molecule has 2 atom stereocenters. The highest BCUT2D eigenvalue weighted by atomic mass is 19.1. The number of amides is 1. The molecule has 1 aromatic carbocycles. The summed E-state index contributed by atoms with van der Waals surface area (Å²) in [7, 11) is 0. The molecule has 0 saturated carbocycles. The molecule has 1 amide bonds. The molecule has 0 bridgehead atoms. The predicted molar refractivity (Wildman–Crippen MR) is 70.7 cm³/mol. The molecule has 1 aromatic rings. The van der Waals surface area contributed by atoms with Gasteiger partial charge in [-0.15, -0.1) is 0 Å². The molecule has 0 spiro atoms. The van der Waals surface area contributed by atoms with Crippen molar-refractivity contribution in [2.75, 3.05) is 6.54 Å². The summed E-state index contributed by atoms with van der Waals surface area (Å²) in [6, 6.07) is 6.17. The molecule has 1 rings (SSSR count). The van der Waals surface area contributed by atoms with Gasteiger partial charge < -0.3 is 11.1 Å². The van der Waals surface area contributed by atoms with Crippen LogP contribution in [0.25, 0.3) is 0 Å². The summed E-state index contributed by atoms with van der Waals surface area (Å²) in [5.41, 5.74) is 6.35. The summed E-state index contributed by atoms with van der Waals surface area (Å²) < 4.78 is 12.9. The van der Waals surface area contributed by atoms with E-state index in [-0.39, 0.29) is 23.7 Å². The van der Waals surface area contributed by atoms with Crippen LogP contribution in [0.2, 0.25) is 0 Å². The van der Waals surface area contributed by atoms with Crippen LogP contribution < -0.4 is 11.1 Å². The molecule has 3 N–H and O–H groups in total. The van der Waals surface area contributed by atoms with Crippen molar-refractivity contribution in [2.24, 2.45) is 5.73 Å². The van der Waals surface area contributed by atoms with Crippen molar-refractivity contribution in [1.82, 2.24) is 5.32 Å². The van der Waals surface area contributed by atoms with Crippen molar-refractivity contribution in [1.29, 1.82) is 0 Å². The Labute approximate surface area is 108 Å². The minimum Gasteiger partial charge on any atom is -0.353 e. The zero-order chi connectivity index (χ0) is 13.5. The first-order valence-corrected chi connectivity index (χ1v) is 6.34. The molecule has 100 valence electrons. The van der Waals surface area contributed by atoms with Crippen LogP contribution in [0, 0.1) is 5.82 Å². The third-order valence-electron chi connectivity index (χ3n) is 3.05. The van der Waals surface area contributed by atoms with Gasteiger partial charge in [0.1, 0.15) is 5.82 Å². The standard InChI is InChI=1S/C14H21FN2O/c1-3-10(2)17-14(18)13(8-9-16)11-4-6-12(15)7-5-11/h4-7,10,13H,3,8-9,16H2,1-2H3,(H,17,18). The van der Waals surface area contributed by atoms with Gasteiger partial charge in [-0.05, 0) is 44.0 Å². The zero-order valence-electron chi connectivity index (χ0n) is 10.9. The largest absolute Gasteiger partial charge is 0.353 e. The van der Waals surface area contributed by atoms with Gasteiger partial charge in [-0.1, -0.05) is 19.1 Å². The maximum atomic E-state index is 12.9. The lowest BCUT2D eigenvalue weighted by molar-refractivity contribution is -0.123. The van der Waals surface area contributed by atoms with Gasteiger partial charge in [-0.2, -0.15) is 0 Å². The van der Waals surface area contributed by atoms with E-state index in [1.807, 2.05) is 13.8 Å². The van der Waals surface area contributed by atoms with Gasteiger partial charge in [0.15, 0.2) is 0 Å². The summed E-state index contributed by atoms with van der Waals surface area (Å²) >= 11 is 0. The van der Waals surface area contributed by atoms with Crippen LogP contribution >= 0.6 is 0 Å². The Morgan fingerprint density at radius 2 is 2.00 bits per heavy atom. The number of nitrogens with two attached hydrogens (primary N) is 1. The van der Waals surface area contributed by atoms with Gasteiger partial charge in [-0.25, -0.2) is 4.39 Å². The molecule has 4 heteroatoms. The van der Waals surface area contributed by atoms with E-state index in [0.717, 1.165) is 12.0 Å². The Balaban J connectivity index is 2.81. The number of nitrogens with one attached hydrogen (secondary N) is 1. The highest BCUT2D eigenvalue weighted by Crippen LogP contribution is 2.20. The summed E-state index contributed by atoms with van der Waals surface area (Å²) in [4.78, 5) is 12.1. The average Bonchev–Trinajstić information content (AvgIpc) is 2.37. The molecule has 0 aliphatic rings. The molecule has 2 unspecified atom stereocenters. The predicted octanol–water partition coefficient (Wildman–Crippen LogP) is 2.17. The van der Waals surface area contributed by atoms with E-state index in [0.29, 0.717) is 13.0 Å². The van der Waals surface area contributed by atoms with E-state index in [9.17, 15) is 9.18 Å². The molecular formula is C14H21FN2O. The molecule has 18 heavy (non-hydrogen) atoms. The van der Waals surface area contributed by atoms with Crippen molar-refractivity contribution < 1.29 is 9.18 Å². The van der Waals surface area contributed by atoms with Gasteiger partial charge >= 0.3 is 0 Å². The minimum absolute atomic E-state index is 0.0404. The minimum atomic E-state index is -0.301. The number of carbonyl (C=O) groups is 1. The SMILES string of the molecule is CCC(C)NC(=O)C(CCN)c1ccc(F)cc1. The second kappa shape index (κ2) is 7.11. The van der Waals surface area contributed by atoms with Gasteiger partial charge in [0.05, 0.1) is 5.92 Å². The normalized spacial score (nSPS) is 14.0. The van der Waals surface area contributed by atoms with E-state index in [1.54, 1.807) is 12.1 Å². The van der Waals surface area contributed by atoms with Crippen LogP contribution in [-0.4, -0.2) is 18.5 Å².